The third-order valence-corrected chi connectivity index (χ3v) is 6.63. The van der Waals surface area contributed by atoms with Gasteiger partial charge < -0.3 is 0 Å². The topological polar surface area (TPSA) is 123 Å². The van der Waals surface area contributed by atoms with Crippen LogP contribution in [0.2, 0.25) is 0 Å². The van der Waals surface area contributed by atoms with Crippen LogP contribution in [0.3, 0.4) is 0 Å². The third kappa shape index (κ3) is 3.85. The van der Waals surface area contributed by atoms with Crippen LogP contribution in [-0.2, 0) is 29.5 Å². The average molecular weight is 448 g/mol. The quantitative estimate of drug-likeness (QED) is 0.373. The molecule has 1 aliphatic rings. The summed E-state index contributed by atoms with van der Waals surface area (Å²) in [5.41, 5.74) is -0.946. The standard InChI is InChI=1S/C12H14F6O7S2/c1-9(2)3-7(19)6(8(20)4-9)5-26(21,22)11(15,16)10(13,14)12(17,18)27(23,24)25/h6H,3-5H2,1-2H3,(H,23,24,25). The number of hydrogen-bond acceptors (Lipinski definition) is 6. The molecule has 0 spiro atoms. The van der Waals surface area contributed by atoms with Gasteiger partial charge in [0.05, 0.1) is 11.7 Å². The fraction of sp³-hybridized carbons (Fsp3) is 0.833. The predicted octanol–water partition coefficient (Wildman–Crippen LogP) is 1.68. The van der Waals surface area contributed by atoms with Gasteiger partial charge in [-0.15, -0.1) is 0 Å². The van der Waals surface area contributed by atoms with Crippen LogP contribution in [0, 0.1) is 11.3 Å². The van der Waals surface area contributed by atoms with E-state index in [1.54, 1.807) is 0 Å². The van der Waals surface area contributed by atoms with Crippen LogP contribution in [0.4, 0.5) is 26.3 Å². The second-order valence-corrected chi connectivity index (χ2v) is 10.4. The van der Waals surface area contributed by atoms with Crippen molar-refractivity contribution in [2.24, 2.45) is 11.3 Å². The lowest BCUT2D eigenvalue weighted by Crippen LogP contribution is -2.61. The van der Waals surface area contributed by atoms with E-state index in [1.165, 1.54) is 13.8 Å². The van der Waals surface area contributed by atoms with Crippen LogP contribution >= 0.6 is 0 Å². The number of ketones is 2. The summed E-state index contributed by atoms with van der Waals surface area (Å²) in [6.45, 7) is 2.84. The first-order valence-electron chi connectivity index (χ1n) is 6.99. The summed E-state index contributed by atoms with van der Waals surface area (Å²) in [6, 6.07) is 0. The van der Waals surface area contributed by atoms with Crippen molar-refractivity contribution in [3.05, 3.63) is 0 Å². The molecule has 0 unspecified atom stereocenters. The normalized spacial score (nSPS) is 20.8. The van der Waals surface area contributed by atoms with Gasteiger partial charge in [0.15, 0.2) is 0 Å². The van der Waals surface area contributed by atoms with Gasteiger partial charge in [-0.3, -0.25) is 14.1 Å². The zero-order valence-electron chi connectivity index (χ0n) is 13.7. The molecule has 1 rings (SSSR count). The summed E-state index contributed by atoms with van der Waals surface area (Å²) in [5.74, 6) is -13.9. The van der Waals surface area contributed by atoms with E-state index in [9.17, 15) is 52.8 Å². The molecule has 0 atom stereocenters. The van der Waals surface area contributed by atoms with Crippen molar-refractivity contribution >= 4 is 31.5 Å². The Kier molecular flexibility index (Phi) is 5.65. The van der Waals surface area contributed by atoms with E-state index >= 15 is 0 Å². The molecule has 0 aromatic carbocycles. The average Bonchev–Trinajstić information content (AvgIpc) is 2.40. The van der Waals surface area contributed by atoms with Gasteiger partial charge in [0.1, 0.15) is 11.6 Å². The van der Waals surface area contributed by atoms with Crippen LogP contribution in [0.25, 0.3) is 0 Å². The molecule has 27 heavy (non-hydrogen) atoms. The summed E-state index contributed by atoms with van der Waals surface area (Å²) >= 11 is 0. The first kappa shape index (κ1) is 23.8. The van der Waals surface area contributed by atoms with E-state index in [0.29, 0.717) is 0 Å². The number of carbonyl (C=O) groups is 2. The van der Waals surface area contributed by atoms with E-state index in [4.69, 9.17) is 4.55 Å². The van der Waals surface area contributed by atoms with Crippen molar-refractivity contribution in [3.63, 3.8) is 0 Å². The van der Waals surface area contributed by atoms with Crippen molar-refractivity contribution in [1.82, 2.24) is 0 Å². The Labute approximate surface area is 149 Å². The Bertz CT molecular complexity index is 841. The molecule has 0 radical (unpaired) electrons. The number of carbonyl (C=O) groups excluding carboxylic acids is 2. The van der Waals surface area contributed by atoms with Gasteiger partial charge in [0.2, 0.25) is 9.84 Å². The van der Waals surface area contributed by atoms with E-state index in [-0.39, 0.29) is 0 Å². The Hall–Kier alpha value is -1.22. The van der Waals surface area contributed by atoms with E-state index < -0.39 is 77.9 Å². The number of sulfone groups is 1. The predicted molar refractivity (Wildman–Crippen MR) is 76.7 cm³/mol. The molecule has 0 aromatic heterocycles. The maximum Gasteiger partial charge on any atom is 0.439 e. The van der Waals surface area contributed by atoms with Gasteiger partial charge in [-0.25, -0.2) is 8.42 Å². The third-order valence-electron chi connectivity index (χ3n) is 3.91. The van der Waals surface area contributed by atoms with Crippen molar-refractivity contribution in [2.45, 2.75) is 43.1 Å². The van der Waals surface area contributed by atoms with Gasteiger partial charge in [0.25, 0.3) is 0 Å². The maximum atomic E-state index is 13.8. The van der Waals surface area contributed by atoms with Gasteiger partial charge in [0, 0.05) is 12.8 Å². The highest BCUT2D eigenvalue weighted by Crippen LogP contribution is 2.51. The molecule has 1 saturated carbocycles. The van der Waals surface area contributed by atoms with Gasteiger partial charge >= 0.3 is 26.5 Å². The number of rotatable bonds is 6. The SMILES string of the molecule is CC1(C)CC(=O)C(CS(=O)(=O)C(F)(F)C(F)(F)C(F)(F)S(=O)(=O)O)C(=O)C1. The molecule has 158 valence electrons. The van der Waals surface area contributed by atoms with Crippen molar-refractivity contribution in [3.8, 4) is 0 Å². The summed E-state index contributed by atoms with van der Waals surface area (Å²) < 4.78 is 133. The van der Waals surface area contributed by atoms with Crippen LogP contribution in [0.5, 0.6) is 0 Å². The maximum absolute atomic E-state index is 13.8. The van der Waals surface area contributed by atoms with Crippen molar-refractivity contribution in [2.75, 3.05) is 5.75 Å². The first-order valence-corrected chi connectivity index (χ1v) is 10.1. The Morgan fingerprint density at radius 1 is 0.926 bits per heavy atom. The molecule has 0 amide bonds. The van der Waals surface area contributed by atoms with Crippen molar-refractivity contribution in [1.29, 1.82) is 0 Å². The summed E-state index contributed by atoms with van der Waals surface area (Å²) in [7, 11) is -13.8. The Morgan fingerprint density at radius 2 is 1.30 bits per heavy atom. The first-order chi connectivity index (χ1) is 11.6. The summed E-state index contributed by atoms with van der Waals surface area (Å²) in [5, 5.41) is -13.6. The van der Waals surface area contributed by atoms with Crippen LogP contribution in [-0.4, -0.2) is 55.1 Å². The molecule has 0 aromatic rings. The fourth-order valence-corrected chi connectivity index (χ4v) is 4.52. The summed E-state index contributed by atoms with van der Waals surface area (Å²) in [4.78, 5) is 23.7. The summed E-state index contributed by atoms with van der Waals surface area (Å²) in [6.07, 6.45) is -0.913. The van der Waals surface area contributed by atoms with Crippen LogP contribution < -0.4 is 0 Å². The number of alkyl halides is 6. The molecule has 15 heteroatoms. The lowest BCUT2D eigenvalue weighted by Gasteiger charge is -2.34. The van der Waals surface area contributed by atoms with E-state index in [0.717, 1.165) is 0 Å². The molecule has 7 nitrogen and oxygen atoms in total. The molecule has 1 N–H and O–H groups in total. The lowest BCUT2D eigenvalue weighted by molar-refractivity contribution is -0.245. The minimum absolute atomic E-state index is 0.456. The zero-order valence-corrected chi connectivity index (χ0v) is 15.3. The highest BCUT2D eigenvalue weighted by atomic mass is 32.2. The van der Waals surface area contributed by atoms with Crippen molar-refractivity contribution < 1.29 is 57.3 Å². The largest absolute Gasteiger partial charge is 0.439 e. The van der Waals surface area contributed by atoms with Gasteiger partial charge in [-0.05, 0) is 5.41 Å². The van der Waals surface area contributed by atoms with Gasteiger partial charge in [-0.1, -0.05) is 13.8 Å². The molecule has 0 heterocycles. The van der Waals surface area contributed by atoms with Gasteiger partial charge in [-0.2, -0.15) is 34.8 Å². The fourth-order valence-electron chi connectivity index (χ4n) is 2.47. The minimum atomic E-state index is -7.14. The molecule has 1 aliphatic carbocycles. The van der Waals surface area contributed by atoms with Crippen LogP contribution in [0.1, 0.15) is 26.7 Å². The second kappa shape index (κ2) is 6.40. The molecular formula is C12H14F6O7S2. The monoisotopic (exact) mass is 448 g/mol. The number of halogens is 6. The molecule has 1 fully saturated rings. The van der Waals surface area contributed by atoms with E-state index in [1.807, 2.05) is 0 Å². The lowest BCUT2D eigenvalue weighted by atomic mass is 9.72. The molecule has 0 aliphatic heterocycles. The molecular weight excluding hydrogens is 434 g/mol. The molecule has 0 saturated heterocycles. The number of Topliss-reactive ketones (excluding diaryl/α,β-unsaturated/α-hetero) is 2. The minimum Gasteiger partial charge on any atom is -0.299 e. The smallest absolute Gasteiger partial charge is 0.299 e. The number of hydrogen-bond donors (Lipinski definition) is 1. The zero-order chi connectivity index (χ0) is 21.9. The Morgan fingerprint density at radius 3 is 1.63 bits per heavy atom. The highest BCUT2D eigenvalue weighted by Gasteiger charge is 2.81. The second-order valence-electron chi connectivity index (χ2n) is 6.87. The molecule has 0 bridgehead atoms. The Balaban J connectivity index is 3.34. The van der Waals surface area contributed by atoms with Crippen LogP contribution in [0.15, 0.2) is 0 Å². The van der Waals surface area contributed by atoms with E-state index in [2.05, 4.69) is 0 Å². The highest BCUT2D eigenvalue weighted by molar-refractivity contribution is 7.92.